The molecule has 0 aliphatic carbocycles. The van der Waals surface area contributed by atoms with Gasteiger partial charge in [-0.15, -0.1) is 0 Å². The Balaban J connectivity index is 3.19. The number of hydrogen-bond donors (Lipinski definition) is 2. The standard InChI is InChI=1S/C10H13F2N3O3S/c1-15(5-9(11)12)19(17,18)8-3-2-6(10(14)16)4-7(8)13/h2-4,9H,5,13H2,1H3,(H2,14,16). The van der Waals surface area contributed by atoms with Crippen LogP contribution in [0.2, 0.25) is 0 Å². The van der Waals surface area contributed by atoms with Gasteiger partial charge in [0.2, 0.25) is 15.9 Å². The molecule has 19 heavy (non-hydrogen) atoms. The zero-order valence-electron chi connectivity index (χ0n) is 10.0. The van der Waals surface area contributed by atoms with E-state index in [0.717, 1.165) is 19.2 Å². The number of rotatable bonds is 5. The minimum absolute atomic E-state index is 0.0352. The molecule has 0 saturated carbocycles. The fourth-order valence-electron chi connectivity index (χ4n) is 1.40. The predicted octanol–water partition coefficient (Wildman–Crippen LogP) is 0.253. The van der Waals surface area contributed by atoms with Gasteiger partial charge in [-0.3, -0.25) is 4.79 Å². The van der Waals surface area contributed by atoms with Crippen molar-refractivity contribution in [1.82, 2.24) is 4.31 Å². The van der Waals surface area contributed by atoms with E-state index in [9.17, 15) is 22.0 Å². The number of nitrogens with zero attached hydrogens (tertiary/aromatic N) is 1. The summed E-state index contributed by atoms with van der Waals surface area (Å²) in [5.41, 5.74) is 10.3. The van der Waals surface area contributed by atoms with Gasteiger partial charge in [-0.2, -0.15) is 4.31 Å². The molecule has 0 radical (unpaired) electrons. The maximum atomic E-state index is 12.2. The summed E-state index contributed by atoms with van der Waals surface area (Å²) in [5, 5.41) is 0. The Labute approximate surface area is 109 Å². The van der Waals surface area contributed by atoms with Gasteiger partial charge in [-0.05, 0) is 18.2 Å². The number of benzene rings is 1. The van der Waals surface area contributed by atoms with E-state index in [0.29, 0.717) is 4.31 Å². The Bertz CT molecular complexity index is 590. The summed E-state index contributed by atoms with van der Waals surface area (Å²) in [6.45, 7) is -0.945. The Kier molecular flexibility index (Phi) is 4.43. The summed E-state index contributed by atoms with van der Waals surface area (Å²) >= 11 is 0. The highest BCUT2D eigenvalue weighted by Gasteiger charge is 2.26. The summed E-state index contributed by atoms with van der Waals surface area (Å²) in [6.07, 6.45) is -2.80. The van der Waals surface area contributed by atoms with E-state index in [1.165, 1.54) is 6.07 Å². The van der Waals surface area contributed by atoms with E-state index in [-0.39, 0.29) is 16.1 Å². The second kappa shape index (κ2) is 5.49. The van der Waals surface area contributed by atoms with Crippen molar-refractivity contribution in [3.05, 3.63) is 23.8 Å². The van der Waals surface area contributed by atoms with Crippen molar-refractivity contribution in [2.75, 3.05) is 19.3 Å². The van der Waals surface area contributed by atoms with Gasteiger partial charge in [0, 0.05) is 12.6 Å². The van der Waals surface area contributed by atoms with Crippen LogP contribution in [0, 0.1) is 0 Å². The van der Waals surface area contributed by atoms with Crippen molar-refractivity contribution >= 4 is 21.6 Å². The lowest BCUT2D eigenvalue weighted by Crippen LogP contribution is -2.32. The number of halogens is 2. The van der Waals surface area contributed by atoms with Gasteiger partial charge in [-0.1, -0.05) is 0 Å². The molecule has 0 atom stereocenters. The second-order valence-corrected chi connectivity index (χ2v) is 5.81. The van der Waals surface area contributed by atoms with E-state index in [1.807, 2.05) is 0 Å². The largest absolute Gasteiger partial charge is 0.398 e. The van der Waals surface area contributed by atoms with Crippen LogP contribution < -0.4 is 11.5 Å². The monoisotopic (exact) mass is 293 g/mol. The molecule has 0 fully saturated rings. The zero-order chi connectivity index (χ0) is 14.8. The third kappa shape index (κ3) is 3.38. The lowest BCUT2D eigenvalue weighted by atomic mass is 10.2. The Morgan fingerprint density at radius 2 is 2.00 bits per heavy atom. The topological polar surface area (TPSA) is 106 Å². The molecule has 0 aliphatic heterocycles. The highest BCUT2D eigenvalue weighted by atomic mass is 32.2. The van der Waals surface area contributed by atoms with Crippen LogP contribution in [-0.2, 0) is 10.0 Å². The molecule has 0 bridgehead atoms. The van der Waals surface area contributed by atoms with Crippen LogP contribution in [0.3, 0.4) is 0 Å². The number of carbonyl (C=O) groups excluding carboxylic acids is 1. The molecule has 9 heteroatoms. The fourth-order valence-corrected chi connectivity index (χ4v) is 2.64. The van der Waals surface area contributed by atoms with Crippen molar-refractivity contribution in [2.24, 2.45) is 5.73 Å². The Morgan fingerprint density at radius 3 is 2.42 bits per heavy atom. The summed E-state index contributed by atoms with van der Waals surface area (Å²) in [6, 6.07) is 3.32. The third-order valence-corrected chi connectivity index (χ3v) is 4.27. The highest BCUT2D eigenvalue weighted by Crippen LogP contribution is 2.23. The number of sulfonamides is 1. The van der Waals surface area contributed by atoms with Gasteiger partial charge >= 0.3 is 0 Å². The van der Waals surface area contributed by atoms with Gasteiger partial charge < -0.3 is 11.5 Å². The van der Waals surface area contributed by atoms with Crippen molar-refractivity contribution in [2.45, 2.75) is 11.3 Å². The van der Waals surface area contributed by atoms with Crippen molar-refractivity contribution in [1.29, 1.82) is 0 Å². The first kappa shape index (κ1) is 15.3. The maximum absolute atomic E-state index is 12.2. The smallest absolute Gasteiger partial charge is 0.252 e. The van der Waals surface area contributed by atoms with Crippen molar-refractivity contribution < 1.29 is 22.0 Å². The van der Waals surface area contributed by atoms with Crippen LogP contribution in [0.5, 0.6) is 0 Å². The molecule has 1 rings (SSSR count). The van der Waals surface area contributed by atoms with Crippen LogP contribution in [0.4, 0.5) is 14.5 Å². The molecule has 0 spiro atoms. The summed E-state index contributed by atoms with van der Waals surface area (Å²) in [4.78, 5) is 10.6. The normalized spacial score (nSPS) is 12.1. The van der Waals surface area contributed by atoms with E-state index in [1.54, 1.807) is 0 Å². The number of alkyl halides is 2. The van der Waals surface area contributed by atoms with Crippen LogP contribution in [-0.4, -0.2) is 38.6 Å². The molecule has 0 unspecified atom stereocenters. The SMILES string of the molecule is CN(CC(F)F)S(=O)(=O)c1ccc(C(N)=O)cc1N. The molecule has 0 aromatic heterocycles. The van der Waals surface area contributed by atoms with Crippen molar-refractivity contribution in [3.63, 3.8) is 0 Å². The number of hydrogen-bond acceptors (Lipinski definition) is 4. The predicted molar refractivity (Wildman–Crippen MR) is 65.2 cm³/mol. The van der Waals surface area contributed by atoms with Crippen LogP contribution in [0.25, 0.3) is 0 Å². The van der Waals surface area contributed by atoms with Gasteiger partial charge in [0.05, 0.1) is 12.2 Å². The summed E-state index contributed by atoms with van der Waals surface area (Å²) < 4.78 is 48.8. The quantitative estimate of drug-likeness (QED) is 0.759. The number of anilines is 1. The summed E-state index contributed by atoms with van der Waals surface area (Å²) in [7, 11) is -3.11. The maximum Gasteiger partial charge on any atom is 0.252 e. The minimum atomic E-state index is -4.13. The average Bonchev–Trinajstić information content (AvgIpc) is 2.27. The molecule has 1 amide bonds. The molecular weight excluding hydrogens is 280 g/mol. The zero-order valence-corrected chi connectivity index (χ0v) is 10.8. The number of nitrogens with two attached hydrogens (primary N) is 2. The molecular formula is C10H13F2N3O3S. The Hall–Kier alpha value is -1.74. The lowest BCUT2D eigenvalue weighted by Gasteiger charge is -2.18. The van der Waals surface area contributed by atoms with Crippen LogP contribution in [0.15, 0.2) is 23.1 Å². The van der Waals surface area contributed by atoms with Gasteiger partial charge in [-0.25, -0.2) is 17.2 Å². The van der Waals surface area contributed by atoms with E-state index < -0.39 is 28.9 Å². The fraction of sp³-hybridized carbons (Fsp3) is 0.300. The molecule has 0 heterocycles. The van der Waals surface area contributed by atoms with E-state index in [2.05, 4.69) is 0 Å². The number of carbonyl (C=O) groups is 1. The van der Waals surface area contributed by atoms with Crippen LogP contribution >= 0.6 is 0 Å². The van der Waals surface area contributed by atoms with Gasteiger partial charge in [0.1, 0.15) is 4.90 Å². The van der Waals surface area contributed by atoms with Crippen LogP contribution in [0.1, 0.15) is 10.4 Å². The second-order valence-electron chi connectivity index (χ2n) is 3.79. The van der Waals surface area contributed by atoms with E-state index >= 15 is 0 Å². The van der Waals surface area contributed by atoms with Gasteiger partial charge in [0.25, 0.3) is 6.43 Å². The molecule has 6 nitrogen and oxygen atoms in total. The minimum Gasteiger partial charge on any atom is -0.398 e. The summed E-state index contributed by atoms with van der Waals surface area (Å²) in [5.74, 6) is -0.767. The highest BCUT2D eigenvalue weighted by molar-refractivity contribution is 7.89. The number of nitrogen functional groups attached to an aromatic ring is 1. The molecule has 1 aromatic rings. The van der Waals surface area contributed by atoms with E-state index in [4.69, 9.17) is 11.5 Å². The lowest BCUT2D eigenvalue weighted by molar-refractivity contribution is 0.1000. The first-order valence-corrected chi connectivity index (χ1v) is 6.54. The average molecular weight is 293 g/mol. The third-order valence-electron chi connectivity index (χ3n) is 2.38. The molecule has 4 N–H and O–H groups in total. The first-order chi connectivity index (χ1) is 8.66. The number of amides is 1. The first-order valence-electron chi connectivity index (χ1n) is 5.10. The number of primary amides is 1. The Morgan fingerprint density at radius 1 is 1.42 bits per heavy atom. The van der Waals surface area contributed by atoms with Crippen molar-refractivity contribution in [3.8, 4) is 0 Å². The molecule has 106 valence electrons. The van der Waals surface area contributed by atoms with Gasteiger partial charge in [0.15, 0.2) is 0 Å². The molecule has 1 aromatic carbocycles. The molecule has 0 saturated heterocycles. The molecule has 0 aliphatic rings.